The molecule has 1 fully saturated rings. The maximum Gasteiger partial charge on any atom is 0.168 e. The summed E-state index contributed by atoms with van der Waals surface area (Å²) in [5.74, 6) is 0. The quantitative estimate of drug-likeness (QED) is 0.568. The van der Waals surface area contributed by atoms with Crippen LogP contribution < -0.4 is 0 Å². The average molecular weight is 292 g/mol. The molecular formula is C21H26N+. The van der Waals surface area contributed by atoms with Crippen molar-refractivity contribution < 1.29 is 4.58 Å². The highest BCUT2D eigenvalue weighted by Gasteiger charge is 2.47. The lowest BCUT2D eigenvalue weighted by atomic mass is 9.84. The van der Waals surface area contributed by atoms with Gasteiger partial charge in [-0.25, -0.2) is 4.58 Å². The molecule has 1 saturated carbocycles. The van der Waals surface area contributed by atoms with Crippen LogP contribution in [0.15, 0.2) is 48.5 Å². The van der Waals surface area contributed by atoms with Gasteiger partial charge in [0.25, 0.3) is 0 Å². The van der Waals surface area contributed by atoms with Gasteiger partial charge in [-0.1, -0.05) is 54.1 Å². The summed E-state index contributed by atoms with van der Waals surface area (Å²) in [5, 5.41) is 0. The average Bonchev–Trinajstić information content (AvgIpc) is 3.31. The molecule has 0 atom stereocenters. The Labute approximate surface area is 134 Å². The molecule has 1 nitrogen and oxygen atoms in total. The fourth-order valence-corrected chi connectivity index (χ4v) is 3.28. The molecule has 0 aliphatic heterocycles. The minimum Gasteiger partial charge on any atom is -0.236 e. The van der Waals surface area contributed by atoms with Gasteiger partial charge >= 0.3 is 0 Å². The summed E-state index contributed by atoms with van der Waals surface area (Å²) in [6.07, 6.45) is 2.54. The van der Waals surface area contributed by atoms with Crippen molar-refractivity contribution in [2.45, 2.75) is 45.6 Å². The normalized spacial score (nSPS) is 15.5. The zero-order valence-electron chi connectivity index (χ0n) is 14.2. The maximum atomic E-state index is 2.41. The SMILES string of the molecule is CC(C)=[N+](C)Cc1ccc(C)cc1C1(c2ccccc2)CC1. The number of benzene rings is 2. The standard InChI is InChI=1S/C21H26N/c1-16(2)22(4)15-18-11-10-17(3)14-20(18)21(12-13-21)19-8-6-5-7-9-19/h5-11,14H,12-13,15H2,1-4H3/q+1. The van der Waals surface area contributed by atoms with Gasteiger partial charge in [-0.15, -0.1) is 0 Å². The summed E-state index contributed by atoms with van der Waals surface area (Å²) in [6.45, 7) is 7.55. The van der Waals surface area contributed by atoms with Crippen LogP contribution in [0.5, 0.6) is 0 Å². The highest BCUT2D eigenvalue weighted by molar-refractivity contribution is 5.73. The molecule has 0 heterocycles. The van der Waals surface area contributed by atoms with Gasteiger partial charge < -0.3 is 0 Å². The third kappa shape index (κ3) is 2.72. The van der Waals surface area contributed by atoms with Crippen LogP contribution in [0, 0.1) is 6.92 Å². The fraction of sp³-hybridized carbons (Fsp3) is 0.381. The van der Waals surface area contributed by atoms with Crippen LogP contribution in [0.25, 0.3) is 0 Å². The van der Waals surface area contributed by atoms with Gasteiger partial charge in [0, 0.05) is 24.8 Å². The van der Waals surface area contributed by atoms with Crippen LogP contribution in [-0.2, 0) is 12.0 Å². The number of hydrogen-bond donors (Lipinski definition) is 0. The van der Waals surface area contributed by atoms with Crippen molar-refractivity contribution in [1.82, 2.24) is 0 Å². The topological polar surface area (TPSA) is 3.01 Å². The minimum atomic E-state index is 0.255. The lowest BCUT2D eigenvalue weighted by Crippen LogP contribution is -2.17. The van der Waals surface area contributed by atoms with Crippen molar-refractivity contribution in [1.29, 1.82) is 0 Å². The lowest BCUT2D eigenvalue weighted by Gasteiger charge is -2.20. The van der Waals surface area contributed by atoms with Gasteiger partial charge in [0.05, 0.1) is 0 Å². The molecule has 0 unspecified atom stereocenters. The van der Waals surface area contributed by atoms with Crippen LogP contribution in [0.1, 0.15) is 48.9 Å². The summed E-state index contributed by atoms with van der Waals surface area (Å²) in [7, 11) is 2.18. The van der Waals surface area contributed by atoms with Crippen molar-refractivity contribution in [2.75, 3.05) is 7.05 Å². The molecule has 0 aromatic heterocycles. The zero-order chi connectivity index (χ0) is 15.7. The molecule has 0 amide bonds. The fourth-order valence-electron chi connectivity index (χ4n) is 3.28. The molecule has 114 valence electrons. The van der Waals surface area contributed by atoms with E-state index >= 15 is 0 Å². The number of nitrogens with zero attached hydrogens (tertiary/aromatic N) is 1. The molecule has 0 N–H and O–H groups in total. The second-order valence-electron chi connectivity index (χ2n) is 6.91. The predicted octanol–water partition coefficient (Wildman–Crippen LogP) is 4.70. The second kappa shape index (κ2) is 5.72. The Hall–Kier alpha value is -1.89. The van der Waals surface area contributed by atoms with E-state index in [0.29, 0.717) is 0 Å². The van der Waals surface area contributed by atoms with Crippen LogP contribution in [0.4, 0.5) is 0 Å². The highest BCUT2D eigenvalue weighted by atomic mass is 15.0. The molecule has 1 aliphatic rings. The van der Waals surface area contributed by atoms with E-state index in [2.05, 4.69) is 80.9 Å². The van der Waals surface area contributed by atoms with Crippen LogP contribution >= 0.6 is 0 Å². The number of rotatable bonds is 4. The van der Waals surface area contributed by atoms with Gasteiger partial charge in [-0.05, 0) is 30.9 Å². The van der Waals surface area contributed by atoms with Crippen molar-refractivity contribution in [3.05, 3.63) is 70.8 Å². The molecule has 2 aromatic rings. The van der Waals surface area contributed by atoms with Crippen LogP contribution in [0.2, 0.25) is 0 Å². The van der Waals surface area contributed by atoms with Gasteiger partial charge in [0.2, 0.25) is 0 Å². The first-order valence-corrected chi connectivity index (χ1v) is 8.20. The van der Waals surface area contributed by atoms with Crippen molar-refractivity contribution in [2.24, 2.45) is 0 Å². The Morgan fingerprint density at radius 1 is 1.05 bits per heavy atom. The van der Waals surface area contributed by atoms with E-state index in [0.717, 1.165) is 6.54 Å². The van der Waals surface area contributed by atoms with E-state index in [4.69, 9.17) is 0 Å². The van der Waals surface area contributed by atoms with Crippen molar-refractivity contribution in [3.63, 3.8) is 0 Å². The van der Waals surface area contributed by atoms with Crippen molar-refractivity contribution >= 4 is 5.71 Å². The first-order chi connectivity index (χ1) is 10.5. The molecule has 0 saturated heterocycles. The monoisotopic (exact) mass is 292 g/mol. The molecular weight excluding hydrogens is 266 g/mol. The van der Waals surface area contributed by atoms with E-state index < -0.39 is 0 Å². The summed E-state index contributed by atoms with van der Waals surface area (Å²) >= 11 is 0. The van der Waals surface area contributed by atoms with E-state index in [1.165, 1.54) is 40.8 Å². The first kappa shape index (κ1) is 15.0. The predicted molar refractivity (Wildman–Crippen MR) is 93.9 cm³/mol. The molecule has 3 rings (SSSR count). The van der Waals surface area contributed by atoms with E-state index in [-0.39, 0.29) is 5.41 Å². The minimum absolute atomic E-state index is 0.255. The Balaban J connectivity index is 2.07. The van der Waals surface area contributed by atoms with Crippen molar-refractivity contribution in [3.8, 4) is 0 Å². The van der Waals surface area contributed by atoms with E-state index in [1.807, 2.05) is 0 Å². The summed E-state index contributed by atoms with van der Waals surface area (Å²) < 4.78 is 2.34. The number of hydrogen-bond acceptors (Lipinski definition) is 0. The lowest BCUT2D eigenvalue weighted by molar-refractivity contribution is -0.514. The molecule has 1 aliphatic carbocycles. The maximum absolute atomic E-state index is 2.41. The first-order valence-electron chi connectivity index (χ1n) is 8.20. The molecule has 0 spiro atoms. The molecule has 22 heavy (non-hydrogen) atoms. The van der Waals surface area contributed by atoms with Gasteiger partial charge in [0.15, 0.2) is 6.54 Å². The summed E-state index contributed by atoms with van der Waals surface area (Å²) in [5.41, 5.74) is 7.45. The smallest absolute Gasteiger partial charge is 0.168 e. The Morgan fingerprint density at radius 3 is 2.32 bits per heavy atom. The van der Waals surface area contributed by atoms with E-state index in [9.17, 15) is 0 Å². The molecule has 0 radical (unpaired) electrons. The second-order valence-corrected chi connectivity index (χ2v) is 6.91. The van der Waals surface area contributed by atoms with Gasteiger partial charge in [-0.2, -0.15) is 0 Å². The van der Waals surface area contributed by atoms with Gasteiger partial charge in [0.1, 0.15) is 12.8 Å². The third-order valence-electron chi connectivity index (χ3n) is 5.03. The van der Waals surface area contributed by atoms with Crippen LogP contribution in [0.3, 0.4) is 0 Å². The Morgan fingerprint density at radius 2 is 1.73 bits per heavy atom. The summed E-state index contributed by atoms with van der Waals surface area (Å²) in [4.78, 5) is 0. The molecule has 2 aromatic carbocycles. The Bertz CT molecular complexity index is 702. The molecule has 0 bridgehead atoms. The molecule has 1 heteroatoms. The summed E-state index contributed by atoms with van der Waals surface area (Å²) in [6, 6.07) is 18.0. The largest absolute Gasteiger partial charge is 0.236 e. The highest BCUT2D eigenvalue weighted by Crippen LogP contribution is 2.54. The van der Waals surface area contributed by atoms with Crippen LogP contribution in [-0.4, -0.2) is 17.3 Å². The van der Waals surface area contributed by atoms with E-state index in [1.54, 1.807) is 0 Å². The number of aryl methyl sites for hydroxylation is 1. The van der Waals surface area contributed by atoms with Gasteiger partial charge in [-0.3, -0.25) is 0 Å². The Kier molecular flexibility index (Phi) is 3.90. The third-order valence-corrected chi connectivity index (χ3v) is 5.03. The zero-order valence-corrected chi connectivity index (χ0v) is 14.2.